The maximum Gasteiger partial charge on any atom is 0.408 e. The van der Waals surface area contributed by atoms with Crippen molar-refractivity contribution in [3.05, 3.63) is 83.2 Å². The fraction of sp³-hybridized carbons (Fsp3) is 0.120. The number of thiophene rings is 1. The van der Waals surface area contributed by atoms with Crippen LogP contribution in [0, 0.1) is 0 Å². The number of benzene rings is 2. The number of carboxylic acid groups (broad SMARTS) is 1. The van der Waals surface area contributed by atoms with E-state index in [9.17, 15) is 19.5 Å². The highest BCUT2D eigenvalue weighted by molar-refractivity contribution is 7.17. The molecule has 0 spiro atoms. The van der Waals surface area contributed by atoms with Crippen molar-refractivity contribution in [2.45, 2.75) is 12.6 Å². The number of alkyl carbamates (subject to hydrolysis) is 1. The Kier molecular flexibility index (Phi) is 8.41. The molecule has 12 nitrogen and oxygen atoms in total. The summed E-state index contributed by atoms with van der Waals surface area (Å²) in [4.78, 5) is 49.7. The van der Waals surface area contributed by atoms with Crippen molar-refractivity contribution in [1.82, 2.24) is 25.6 Å². The van der Waals surface area contributed by atoms with Gasteiger partial charge in [0.05, 0.1) is 9.75 Å². The Hall–Kier alpha value is -5.04. The summed E-state index contributed by atoms with van der Waals surface area (Å²) in [6.07, 6.45) is -0.916. The second kappa shape index (κ2) is 12.3. The molecule has 0 aliphatic rings. The zero-order valence-electron chi connectivity index (χ0n) is 19.8. The van der Waals surface area contributed by atoms with E-state index < -0.39 is 24.0 Å². The number of carbonyl (C=O) groups excluding carboxylic acids is 2. The molecule has 0 saturated heterocycles. The van der Waals surface area contributed by atoms with Crippen molar-refractivity contribution in [2.24, 2.45) is 0 Å². The predicted molar refractivity (Wildman–Crippen MR) is 141 cm³/mol. The number of nitrogen functional groups attached to an aromatic ring is 1. The number of hydrogen-bond acceptors (Lipinski definition) is 10. The van der Waals surface area contributed by atoms with Crippen molar-refractivity contribution in [2.75, 3.05) is 17.6 Å². The van der Waals surface area contributed by atoms with Crippen LogP contribution in [0.25, 0.3) is 10.7 Å². The number of nitrogens with zero attached hydrogens (tertiary/aromatic N) is 3. The first kappa shape index (κ1) is 26.0. The fourth-order valence-corrected chi connectivity index (χ4v) is 4.03. The van der Waals surface area contributed by atoms with Crippen LogP contribution >= 0.6 is 11.3 Å². The first-order chi connectivity index (χ1) is 18.4. The van der Waals surface area contributed by atoms with Crippen LogP contribution in [0.15, 0.2) is 72.8 Å². The van der Waals surface area contributed by atoms with Crippen LogP contribution in [-0.4, -0.2) is 50.6 Å². The molecule has 1 atom stereocenters. The van der Waals surface area contributed by atoms with Gasteiger partial charge in [-0.3, -0.25) is 4.79 Å². The molecule has 2 aromatic carbocycles. The molecule has 0 radical (unpaired) electrons. The van der Waals surface area contributed by atoms with Crippen molar-refractivity contribution >= 4 is 46.9 Å². The second-order valence-corrected chi connectivity index (χ2v) is 8.89. The van der Waals surface area contributed by atoms with Gasteiger partial charge in [0.2, 0.25) is 11.9 Å². The van der Waals surface area contributed by atoms with Gasteiger partial charge in [-0.05, 0) is 29.8 Å². The highest BCUT2D eigenvalue weighted by Gasteiger charge is 2.22. The Labute approximate surface area is 220 Å². The third-order valence-electron chi connectivity index (χ3n) is 5.00. The van der Waals surface area contributed by atoms with Crippen molar-refractivity contribution < 1.29 is 24.2 Å². The smallest absolute Gasteiger partial charge is 0.408 e. The number of aliphatic carboxylic acids is 1. The van der Waals surface area contributed by atoms with Crippen LogP contribution in [0.3, 0.4) is 0 Å². The van der Waals surface area contributed by atoms with Gasteiger partial charge in [0, 0.05) is 12.2 Å². The zero-order chi connectivity index (χ0) is 26.9. The third-order valence-corrected chi connectivity index (χ3v) is 6.08. The number of para-hydroxylation sites is 1. The second-order valence-electron chi connectivity index (χ2n) is 7.80. The minimum atomic E-state index is -1.39. The van der Waals surface area contributed by atoms with E-state index in [1.807, 2.05) is 36.4 Å². The number of carboxylic acids is 1. The van der Waals surface area contributed by atoms with E-state index in [0.717, 1.165) is 22.6 Å². The zero-order valence-corrected chi connectivity index (χ0v) is 20.6. The molecule has 0 aliphatic carbocycles. The van der Waals surface area contributed by atoms with Gasteiger partial charge in [-0.25, -0.2) is 9.59 Å². The number of anilines is 3. The average Bonchev–Trinajstić information content (AvgIpc) is 3.41. The van der Waals surface area contributed by atoms with Gasteiger partial charge in [-0.15, -0.1) is 11.3 Å². The van der Waals surface area contributed by atoms with E-state index in [4.69, 9.17) is 10.5 Å². The quantitative estimate of drug-likeness (QED) is 0.203. The summed E-state index contributed by atoms with van der Waals surface area (Å²) in [6.45, 7) is -0.376. The van der Waals surface area contributed by atoms with E-state index in [1.54, 1.807) is 36.4 Å². The number of ether oxygens (including phenoxy) is 1. The van der Waals surface area contributed by atoms with Crippen molar-refractivity contribution in [1.29, 1.82) is 0 Å². The molecule has 2 heterocycles. The van der Waals surface area contributed by atoms with Gasteiger partial charge >= 0.3 is 12.1 Å². The van der Waals surface area contributed by atoms with E-state index >= 15 is 0 Å². The highest BCUT2D eigenvalue weighted by Crippen LogP contribution is 2.27. The van der Waals surface area contributed by atoms with Crippen LogP contribution in [-0.2, 0) is 16.1 Å². The van der Waals surface area contributed by atoms with Crippen LogP contribution in [0.4, 0.5) is 22.4 Å². The first-order valence-corrected chi connectivity index (χ1v) is 12.1. The number of nitrogens with one attached hydrogen (secondary N) is 3. The van der Waals surface area contributed by atoms with Gasteiger partial charge in [-0.2, -0.15) is 15.0 Å². The average molecular weight is 534 g/mol. The minimum Gasteiger partial charge on any atom is -0.480 e. The number of carbonyl (C=O) groups is 3. The number of amides is 2. The van der Waals surface area contributed by atoms with Gasteiger partial charge in [0.1, 0.15) is 12.6 Å². The van der Waals surface area contributed by atoms with E-state index in [1.165, 1.54) is 0 Å². The molecule has 0 fully saturated rings. The molecule has 2 aromatic heterocycles. The molecule has 4 rings (SSSR count). The van der Waals surface area contributed by atoms with E-state index in [2.05, 4.69) is 30.9 Å². The monoisotopic (exact) mass is 533 g/mol. The van der Waals surface area contributed by atoms with E-state index in [0.29, 0.717) is 4.88 Å². The topological polar surface area (TPSA) is 181 Å². The maximum absolute atomic E-state index is 12.7. The molecular formula is C25H23N7O5S. The van der Waals surface area contributed by atoms with Gasteiger partial charge in [0.25, 0.3) is 5.91 Å². The van der Waals surface area contributed by atoms with Crippen LogP contribution < -0.4 is 21.7 Å². The van der Waals surface area contributed by atoms with Crippen molar-refractivity contribution in [3.63, 3.8) is 0 Å². The predicted octanol–water partition coefficient (Wildman–Crippen LogP) is 3.04. The molecule has 0 bridgehead atoms. The Balaban J connectivity index is 1.35. The largest absolute Gasteiger partial charge is 0.480 e. The lowest BCUT2D eigenvalue weighted by molar-refractivity contribution is -0.139. The van der Waals surface area contributed by atoms with Gasteiger partial charge in [0.15, 0.2) is 5.82 Å². The van der Waals surface area contributed by atoms with Gasteiger partial charge in [-0.1, -0.05) is 48.5 Å². The Morgan fingerprint density at radius 2 is 1.66 bits per heavy atom. The summed E-state index contributed by atoms with van der Waals surface area (Å²) < 4.78 is 5.05. The molecule has 38 heavy (non-hydrogen) atoms. The van der Waals surface area contributed by atoms with Crippen LogP contribution in [0.5, 0.6) is 0 Å². The number of hydrogen-bond donors (Lipinski definition) is 5. The Bertz CT molecular complexity index is 1420. The minimum absolute atomic E-state index is 0.00218. The summed E-state index contributed by atoms with van der Waals surface area (Å²) in [5, 5.41) is 17.2. The summed E-state index contributed by atoms with van der Waals surface area (Å²) in [6, 6.07) is 20.0. The molecule has 194 valence electrons. The van der Waals surface area contributed by atoms with Crippen LogP contribution in [0.1, 0.15) is 15.2 Å². The summed E-state index contributed by atoms with van der Waals surface area (Å²) in [5.74, 6) is -1.34. The molecule has 4 aromatic rings. The first-order valence-electron chi connectivity index (χ1n) is 11.3. The fourth-order valence-electron chi connectivity index (χ4n) is 3.18. The third kappa shape index (κ3) is 7.24. The SMILES string of the molecule is Nc1nc(Nc2ccccc2)nc(-c2ccc(C(=O)NCC(NC(=O)OCc3ccccc3)C(=O)O)s2)n1. The molecule has 0 saturated carbocycles. The summed E-state index contributed by atoms with van der Waals surface area (Å²) in [7, 11) is 0. The lowest BCUT2D eigenvalue weighted by Crippen LogP contribution is -2.48. The number of rotatable bonds is 10. The molecule has 6 N–H and O–H groups in total. The van der Waals surface area contributed by atoms with Gasteiger partial charge < -0.3 is 31.5 Å². The summed E-state index contributed by atoms with van der Waals surface area (Å²) in [5.41, 5.74) is 7.36. The van der Waals surface area contributed by atoms with E-state index in [-0.39, 0.29) is 35.7 Å². The number of nitrogens with two attached hydrogens (primary N) is 1. The molecular weight excluding hydrogens is 510 g/mol. The van der Waals surface area contributed by atoms with Crippen LogP contribution in [0.2, 0.25) is 0 Å². The molecule has 13 heteroatoms. The lowest BCUT2D eigenvalue weighted by Gasteiger charge is -2.15. The molecule has 2 amide bonds. The Morgan fingerprint density at radius 1 is 0.947 bits per heavy atom. The van der Waals surface area contributed by atoms with Crippen molar-refractivity contribution in [3.8, 4) is 10.7 Å². The maximum atomic E-state index is 12.7. The summed E-state index contributed by atoms with van der Waals surface area (Å²) >= 11 is 1.09. The molecule has 0 aliphatic heterocycles. The lowest BCUT2D eigenvalue weighted by atomic mass is 10.2. The number of aromatic nitrogens is 3. The standard InChI is InChI=1S/C25H23N7O5S/c26-23-30-20(31-24(32-23)28-16-9-5-2-6-10-16)18-11-12-19(38-18)21(33)27-13-17(22(34)35)29-25(36)37-14-15-7-3-1-4-8-15/h1-12,17H,13-14H2,(H,27,33)(H,29,36)(H,34,35)(H3,26,28,30,31,32). The molecule has 1 unspecified atom stereocenters. The Morgan fingerprint density at radius 3 is 2.37 bits per heavy atom. The highest BCUT2D eigenvalue weighted by atomic mass is 32.1. The normalized spacial score (nSPS) is 11.3.